The van der Waals surface area contributed by atoms with Gasteiger partial charge in [0.25, 0.3) is 0 Å². The summed E-state index contributed by atoms with van der Waals surface area (Å²) in [4.78, 5) is 4.43. The zero-order chi connectivity index (χ0) is 12.4. The van der Waals surface area contributed by atoms with Crippen LogP contribution in [-0.2, 0) is 0 Å². The molecule has 0 bridgehead atoms. The van der Waals surface area contributed by atoms with E-state index in [0.29, 0.717) is 5.69 Å². The third-order valence-corrected chi connectivity index (χ3v) is 3.25. The Balaban J connectivity index is 2.30. The van der Waals surface area contributed by atoms with Crippen LogP contribution in [0.4, 0.5) is 5.69 Å². The second-order valence-electron chi connectivity index (χ2n) is 4.21. The van der Waals surface area contributed by atoms with E-state index in [1.165, 1.54) is 0 Å². The standard InChI is InChI=1S/C13H16N2OS/c1-8(2)16-12-5-4-10(6-11(12)14)13-15-9(3)7-17-13/h4-8H,14H2,1-3H3. The third-order valence-electron chi connectivity index (χ3n) is 2.24. The topological polar surface area (TPSA) is 48.1 Å². The lowest BCUT2D eigenvalue weighted by molar-refractivity contribution is 0.244. The number of nitrogens with two attached hydrogens (primary N) is 1. The zero-order valence-corrected chi connectivity index (χ0v) is 11.0. The molecule has 0 aliphatic rings. The van der Waals surface area contributed by atoms with Gasteiger partial charge in [0.1, 0.15) is 10.8 Å². The molecule has 0 aliphatic carbocycles. The highest BCUT2D eigenvalue weighted by Crippen LogP contribution is 2.30. The Morgan fingerprint density at radius 1 is 1.35 bits per heavy atom. The van der Waals surface area contributed by atoms with Gasteiger partial charge in [-0.05, 0) is 39.0 Å². The monoisotopic (exact) mass is 248 g/mol. The Bertz CT molecular complexity index is 520. The van der Waals surface area contributed by atoms with Crippen LogP contribution >= 0.6 is 11.3 Å². The molecule has 1 aromatic carbocycles. The van der Waals surface area contributed by atoms with Crippen molar-refractivity contribution in [1.29, 1.82) is 0 Å². The highest BCUT2D eigenvalue weighted by Gasteiger charge is 2.07. The number of nitrogens with zero attached hydrogens (tertiary/aromatic N) is 1. The van der Waals surface area contributed by atoms with Crippen LogP contribution in [0.2, 0.25) is 0 Å². The molecule has 90 valence electrons. The van der Waals surface area contributed by atoms with Gasteiger partial charge in [-0.1, -0.05) is 0 Å². The molecule has 4 heteroatoms. The van der Waals surface area contributed by atoms with Gasteiger partial charge in [0, 0.05) is 16.6 Å². The van der Waals surface area contributed by atoms with E-state index in [0.717, 1.165) is 22.0 Å². The number of aryl methyl sites for hydroxylation is 1. The normalized spacial score (nSPS) is 10.8. The van der Waals surface area contributed by atoms with Crippen molar-refractivity contribution < 1.29 is 4.74 Å². The fourth-order valence-electron chi connectivity index (χ4n) is 1.53. The minimum absolute atomic E-state index is 0.130. The number of rotatable bonds is 3. The summed E-state index contributed by atoms with van der Waals surface area (Å²) >= 11 is 1.62. The van der Waals surface area contributed by atoms with Crippen molar-refractivity contribution in [2.24, 2.45) is 0 Å². The fourth-order valence-corrected chi connectivity index (χ4v) is 2.32. The molecule has 2 rings (SSSR count). The van der Waals surface area contributed by atoms with Crippen LogP contribution in [-0.4, -0.2) is 11.1 Å². The first-order chi connectivity index (χ1) is 8.06. The first kappa shape index (κ1) is 11.9. The number of benzene rings is 1. The van der Waals surface area contributed by atoms with Gasteiger partial charge in [0.15, 0.2) is 0 Å². The lowest BCUT2D eigenvalue weighted by Gasteiger charge is -2.12. The van der Waals surface area contributed by atoms with Crippen LogP contribution in [0.1, 0.15) is 19.5 Å². The van der Waals surface area contributed by atoms with Gasteiger partial charge < -0.3 is 10.5 Å². The molecule has 2 N–H and O–H groups in total. The van der Waals surface area contributed by atoms with Crippen molar-refractivity contribution in [2.75, 3.05) is 5.73 Å². The van der Waals surface area contributed by atoms with Crippen LogP contribution < -0.4 is 10.5 Å². The van der Waals surface area contributed by atoms with Gasteiger partial charge in [-0.3, -0.25) is 0 Å². The Hall–Kier alpha value is -1.55. The summed E-state index contributed by atoms with van der Waals surface area (Å²) in [5.41, 5.74) is 8.69. The minimum atomic E-state index is 0.130. The number of anilines is 1. The molecule has 0 unspecified atom stereocenters. The molecule has 0 aliphatic heterocycles. The quantitative estimate of drug-likeness (QED) is 0.846. The highest BCUT2D eigenvalue weighted by atomic mass is 32.1. The maximum Gasteiger partial charge on any atom is 0.142 e. The van der Waals surface area contributed by atoms with Crippen molar-refractivity contribution in [3.8, 4) is 16.3 Å². The number of ether oxygens (including phenoxy) is 1. The van der Waals surface area contributed by atoms with Crippen molar-refractivity contribution in [3.05, 3.63) is 29.3 Å². The van der Waals surface area contributed by atoms with E-state index in [2.05, 4.69) is 4.98 Å². The molecular weight excluding hydrogens is 232 g/mol. The molecule has 17 heavy (non-hydrogen) atoms. The van der Waals surface area contributed by atoms with E-state index in [-0.39, 0.29) is 6.10 Å². The van der Waals surface area contributed by atoms with Crippen LogP contribution in [0.25, 0.3) is 10.6 Å². The van der Waals surface area contributed by atoms with E-state index in [1.807, 2.05) is 44.4 Å². The van der Waals surface area contributed by atoms with Crippen LogP contribution in [0, 0.1) is 6.92 Å². The summed E-state index contributed by atoms with van der Waals surface area (Å²) < 4.78 is 5.60. The maximum atomic E-state index is 5.97. The maximum absolute atomic E-state index is 5.97. The Morgan fingerprint density at radius 2 is 2.12 bits per heavy atom. The Kier molecular flexibility index (Phi) is 3.33. The lowest BCUT2D eigenvalue weighted by atomic mass is 10.2. The summed E-state index contributed by atoms with van der Waals surface area (Å²) in [7, 11) is 0. The first-order valence-electron chi connectivity index (χ1n) is 5.55. The number of nitrogen functional groups attached to an aromatic ring is 1. The Labute approximate surface area is 105 Å². The second-order valence-corrected chi connectivity index (χ2v) is 5.07. The van der Waals surface area contributed by atoms with Crippen LogP contribution in [0.5, 0.6) is 5.75 Å². The molecular formula is C13H16N2OS. The highest BCUT2D eigenvalue weighted by molar-refractivity contribution is 7.13. The summed E-state index contributed by atoms with van der Waals surface area (Å²) in [6.07, 6.45) is 0.130. The summed E-state index contributed by atoms with van der Waals surface area (Å²) in [6.45, 7) is 5.95. The van der Waals surface area contributed by atoms with E-state index >= 15 is 0 Å². The van der Waals surface area contributed by atoms with Gasteiger partial charge in [-0.2, -0.15) is 0 Å². The number of hydrogen-bond donors (Lipinski definition) is 1. The molecule has 1 heterocycles. The smallest absolute Gasteiger partial charge is 0.142 e. The first-order valence-corrected chi connectivity index (χ1v) is 6.43. The lowest BCUT2D eigenvalue weighted by Crippen LogP contribution is -2.07. The van der Waals surface area contributed by atoms with Crippen molar-refractivity contribution in [1.82, 2.24) is 4.98 Å². The molecule has 2 aromatic rings. The van der Waals surface area contributed by atoms with Crippen molar-refractivity contribution in [2.45, 2.75) is 26.9 Å². The number of aromatic nitrogens is 1. The summed E-state index contributed by atoms with van der Waals surface area (Å²) in [5.74, 6) is 0.733. The predicted octanol–water partition coefficient (Wildman–Crippen LogP) is 3.49. The SMILES string of the molecule is Cc1csc(-c2ccc(OC(C)C)c(N)c2)n1. The summed E-state index contributed by atoms with van der Waals surface area (Å²) in [6, 6.07) is 5.81. The molecule has 0 saturated heterocycles. The average molecular weight is 248 g/mol. The predicted molar refractivity (Wildman–Crippen MR) is 72.5 cm³/mol. The molecule has 0 radical (unpaired) electrons. The number of hydrogen-bond acceptors (Lipinski definition) is 4. The summed E-state index contributed by atoms with van der Waals surface area (Å²) in [5, 5.41) is 3.02. The van der Waals surface area contributed by atoms with Crippen LogP contribution in [0.3, 0.4) is 0 Å². The third kappa shape index (κ3) is 2.77. The molecule has 3 nitrogen and oxygen atoms in total. The van der Waals surface area contributed by atoms with Crippen molar-refractivity contribution in [3.63, 3.8) is 0 Å². The van der Waals surface area contributed by atoms with Gasteiger partial charge in [0.05, 0.1) is 11.8 Å². The van der Waals surface area contributed by atoms with Crippen molar-refractivity contribution >= 4 is 17.0 Å². The zero-order valence-electron chi connectivity index (χ0n) is 10.2. The minimum Gasteiger partial charge on any atom is -0.489 e. The second kappa shape index (κ2) is 4.75. The number of thiazole rings is 1. The van der Waals surface area contributed by atoms with Crippen LogP contribution in [0.15, 0.2) is 23.6 Å². The van der Waals surface area contributed by atoms with Gasteiger partial charge in [-0.15, -0.1) is 11.3 Å². The van der Waals surface area contributed by atoms with E-state index < -0.39 is 0 Å². The van der Waals surface area contributed by atoms with E-state index in [1.54, 1.807) is 11.3 Å². The molecule has 1 aromatic heterocycles. The fraction of sp³-hybridized carbons (Fsp3) is 0.308. The molecule has 0 spiro atoms. The molecule has 0 amide bonds. The molecule has 0 saturated carbocycles. The van der Waals surface area contributed by atoms with Gasteiger partial charge in [0.2, 0.25) is 0 Å². The van der Waals surface area contributed by atoms with E-state index in [4.69, 9.17) is 10.5 Å². The molecule has 0 atom stereocenters. The van der Waals surface area contributed by atoms with Gasteiger partial charge in [-0.25, -0.2) is 4.98 Å². The van der Waals surface area contributed by atoms with Gasteiger partial charge >= 0.3 is 0 Å². The van der Waals surface area contributed by atoms with E-state index in [9.17, 15) is 0 Å². The molecule has 0 fully saturated rings. The average Bonchev–Trinajstić information content (AvgIpc) is 2.67. The Morgan fingerprint density at radius 3 is 2.65 bits per heavy atom. The largest absolute Gasteiger partial charge is 0.489 e.